The van der Waals surface area contributed by atoms with Crippen LogP contribution >= 0.6 is 0 Å². The molecule has 4 heterocycles. The van der Waals surface area contributed by atoms with E-state index in [2.05, 4.69) is 10.9 Å². The van der Waals surface area contributed by atoms with Gasteiger partial charge in [-0.1, -0.05) is 51.1 Å². The molecule has 5 rings (SSSR count). The first kappa shape index (κ1) is 55.0. The lowest BCUT2D eigenvalue weighted by Crippen LogP contribution is -2.61. The molecule has 0 aromatic heterocycles. The van der Waals surface area contributed by atoms with Gasteiger partial charge in [0.15, 0.2) is 30.4 Å². The largest absolute Gasteiger partial charge is 0.509 e. The maximum Gasteiger partial charge on any atom is 0.509 e. The zero-order chi connectivity index (χ0) is 50.5. The van der Waals surface area contributed by atoms with E-state index in [0.717, 1.165) is 5.56 Å². The average Bonchev–Trinajstić information content (AvgIpc) is 3.59. The third kappa shape index (κ3) is 12.9. The minimum atomic E-state index is -1.63. The number of cyclic esters (lactones) is 1. The molecule has 1 aromatic rings. The minimum absolute atomic E-state index is 0.0107. The maximum absolute atomic E-state index is 14.7. The predicted molar refractivity (Wildman–Crippen MR) is 248 cm³/mol. The van der Waals surface area contributed by atoms with E-state index >= 15 is 0 Å². The van der Waals surface area contributed by atoms with E-state index in [1.165, 1.54) is 13.2 Å². The van der Waals surface area contributed by atoms with Gasteiger partial charge in [0.1, 0.15) is 17.8 Å². The Hall–Kier alpha value is -3.92. The first-order valence-electron chi connectivity index (χ1n) is 23.9. The lowest BCUT2D eigenvalue weighted by Gasteiger charge is -2.49. The second kappa shape index (κ2) is 22.9. The van der Waals surface area contributed by atoms with Crippen molar-refractivity contribution in [2.24, 2.45) is 17.8 Å². The summed E-state index contributed by atoms with van der Waals surface area (Å²) in [7, 11) is 7.10. The normalized spacial score (nSPS) is 41.1. The number of rotatable bonds is 10. The van der Waals surface area contributed by atoms with Crippen LogP contribution < -0.4 is 10.9 Å². The summed E-state index contributed by atoms with van der Waals surface area (Å²) in [6.45, 7) is 18.3. The number of nitrogens with one attached hydrogen (secondary N) is 2. The molecular weight excluding hydrogens is 885 g/mol. The van der Waals surface area contributed by atoms with Crippen molar-refractivity contribution in [3.8, 4) is 0 Å². The number of ether oxygens (including phenoxy) is 9. The number of esters is 1. The number of methoxy groups -OCH3 is 1. The number of likely N-dealkylation sites (N-methyl/N-ethyl adjacent to an activating group) is 2. The highest BCUT2D eigenvalue weighted by molar-refractivity contribution is 5.92. The van der Waals surface area contributed by atoms with Crippen molar-refractivity contribution in [3.05, 3.63) is 42.0 Å². The molecule has 0 bridgehead atoms. The van der Waals surface area contributed by atoms with Crippen LogP contribution in [0, 0.1) is 17.8 Å². The van der Waals surface area contributed by atoms with Crippen LogP contribution in [0.3, 0.4) is 0 Å². The van der Waals surface area contributed by atoms with Crippen molar-refractivity contribution >= 4 is 30.2 Å². The SMILES string of the molecule is CC[C@H]1OC(=O)[C@@H](C)[C@H](O[C@H]2C[C@@](C)(OC)[C@@H](OC(=O)NNC(=O)/C=C/c3ccccc3)[C@H](C)O2)[C@@H](C)[C@H](O[C@H]2O[C@@H](C)C[C@@H](N(C)C)[C@@H]2O)[C@@](C)(O)C[C@H](C)CN(C)[C@@H](C)[C@@H]2OC(=O)O[C@@]12C. The number of hydrogen-bond acceptors (Lipinski definition) is 17. The number of amides is 2. The van der Waals surface area contributed by atoms with Crippen LogP contribution in [0.25, 0.3) is 6.08 Å². The molecule has 0 spiro atoms. The molecule has 4 N–H and O–H groups in total. The fourth-order valence-electron chi connectivity index (χ4n) is 10.6. The van der Waals surface area contributed by atoms with Crippen molar-refractivity contribution < 1.29 is 72.0 Å². The van der Waals surface area contributed by atoms with Gasteiger partial charge in [-0.2, -0.15) is 0 Å². The van der Waals surface area contributed by atoms with Crippen LogP contribution in [0.15, 0.2) is 36.4 Å². The fourth-order valence-corrected chi connectivity index (χ4v) is 10.6. The second-order valence-electron chi connectivity index (χ2n) is 20.3. The van der Waals surface area contributed by atoms with E-state index in [4.69, 9.17) is 42.6 Å². The standard InChI is InChI=1S/C49H78N4O15/c1-15-35-49(10)41(67-46(58)68-49)31(6)53(13)26-27(2)24-47(8,59)40(65-44-38(55)34(52(11)12)23-28(3)61-44)29(4)39(30(5)43(56)63-35)64-37-25-48(9,60-14)42(32(7)62-37)66-45(57)51-50-36(54)22-21-33-19-17-16-18-20-33/h16-22,27-32,34-35,37-42,44,55,59H,15,23-26H2,1-14H3,(H,50,54)(H,51,57)/b22-21+/t27-,28-,29+,30-,31-,32-,34+,35+,37-,38-,39+,40-,41-,42-,44+,47-,48+,49-/m0/s1. The summed E-state index contributed by atoms with van der Waals surface area (Å²) in [6, 6.07) is 8.46. The van der Waals surface area contributed by atoms with E-state index < -0.39 is 114 Å². The van der Waals surface area contributed by atoms with Crippen LogP contribution in [0.1, 0.15) is 100 Å². The Balaban J connectivity index is 1.48. The summed E-state index contributed by atoms with van der Waals surface area (Å²) in [6.07, 6.45) is -7.50. The molecule has 4 aliphatic rings. The number of aliphatic hydroxyl groups is 2. The van der Waals surface area contributed by atoms with Crippen LogP contribution in [0.5, 0.6) is 0 Å². The van der Waals surface area contributed by atoms with Crippen molar-refractivity contribution in [2.75, 3.05) is 34.8 Å². The van der Waals surface area contributed by atoms with E-state index in [-0.39, 0.29) is 37.3 Å². The van der Waals surface area contributed by atoms with Crippen LogP contribution in [-0.2, 0) is 52.2 Å². The van der Waals surface area contributed by atoms with Crippen molar-refractivity contribution in [2.45, 2.75) is 185 Å². The van der Waals surface area contributed by atoms with Gasteiger partial charge in [0.25, 0.3) is 5.91 Å². The Bertz CT molecular complexity index is 1890. The molecule has 384 valence electrons. The molecule has 1 aromatic carbocycles. The number of hydrazine groups is 1. The van der Waals surface area contributed by atoms with Gasteiger partial charge < -0.3 is 57.7 Å². The highest BCUT2D eigenvalue weighted by Gasteiger charge is 2.58. The zero-order valence-electron chi connectivity index (χ0n) is 42.3. The summed E-state index contributed by atoms with van der Waals surface area (Å²) in [5.74, 6) is -3.37. The highest BCUT2D eigenvalue weighted by Crippen LogP contribution is 2.42. The Morgan fingerprint density at radius 2 is 1.63 bits per heavy atom. The number of fused-ring (bicyclic) bond motifs is 1. The number of aliphatic hydroxyl groups excluding tert-OH is 1. The Morgan fingerprint density at radius 3 is 2.26 bits per heavy atom. The minimum Gasteiger partial charge on any atom is -0.458 e. The van der Waals surface area contributed by atoms with Gasteiger partial charge in [0.05, 0.1) is 35.9 Å². The Labute approximate surface area is 401 Å². The Kier molecular flexibility index (Phi) is 18.5. The molecule has 4 saturated heterocycles. The first-order valence-corrected chi connectivity index (χ1v) is 23.9. The molecule has 4 fully saturated rings. The fraction of sp³-hybridized carbons (Fsp3) is 0.755. The summed E-state index contributed by atoms with van der Waals surface area (Å²) in [5.41, 5.74) is 1.15. The average molecular weight is 963 g/mol. The predicted octanol–water partition coefficient (Wildman–Crippen LogP) is 4.56. The van der Waals surface area contributed by atoms with Crippen molar-refractivity contribution in [1.82, 2.24) is 20.7 Å². The van der Waals surface area contributed by atoms with Gasteiger partial charge in [-0.15, -0.1) is 0 Å². The number of carbonyl (C=O) groups is 4. The molecule has 0 aliphatic carbocycles. The summed E-state index contributed by atoms with van der Waals surface area (Å²) in [5, 5.41) is 24.5. The first-order chi connectivity index (χ1) is 31.8. The van der Waals surface area contributed by atoms with Gasteiger partial charge in [-0.25, -0.2) is 15.0 Å². The van der Waals surface area contributed by atoms with E-state index in [1.807, 2.05) is 89.0 Å². The summed E-state index contributed by atoms with van der Waals surface area (Å²) >= 11 is 0. The van der Waals surface area contributed by atoms with Crippen LogP contribution in [0.2, 0.25) is 0 Å². The lowest BCUT2D eigenvalue weighted by molar-refractivity contribution is -0.317. The zero-order valence-corrected chi connectivity index (χ0v) is 42.3. The molecular formula is C49H78N4O15. The molecule has 68 heavy (non-hydrogen) atoms. The van der Waals surface area contributed by atoms with Crippen molar-refractivity contribution in [3.63, 3.8) is 0 Å². The molecule has 0 radical (unpaired) electrons. The molecule has 18 atom stereocenters. The highest BCUT2D eigenvalue weighted by atomic mass is 16.8. The topological polar surface area (TPSA) is 222 Å². The lowest BCUT2D eigenvalue weighted by atomic mass is 9.77. The van der Waals surface area contributed by atoms with Gasteiger partial charge in [-0.05, 0) is 106 Å². The van der Waals surface area contributed by atoms with E-state index in [9.17, 15) is 29.4 Å². The summed E-state index contributed by atoms with van der Waals surface area (Å²) < 4.78 is 56.2. The van der Waals surface area contributed by atoms with Gasteiger partial charge in [0.2, 0.25) is 0 Å². The van der Waals surface area contributed by atoms with E-state index in [1.54, 1.807) is 47.6 Å². The molecule has 19 nitrogen and oxygen atoms in total. The molecule has 19 heteroatoms. The molecule has 2 amide bonds. The molecule has 0 unspecified atom stereocenters. The third-order valence-corrected chi connectivity index (χ3v) is 14.4. The number of benzene rings is 1. The monoisotopic (exact) mass is 963 g/mol. The van der Waals surface area contributed by atoms with Gasteiger partial charge in [0, 0.05) is 44.2 Å². The third-order valence-electron chi connectivity index (χ3n) is 14.4. The Morgan fingerprint density at radius 1 is 0.956 bits per heavy atom. The number of carbonyl (C=O) groups excluding carboxylic acids is 4. The molecule has 0 saturated carbocycles. The van der Waals surface area contributed by atoms with Crippen LogP contribution in [-0.4, -0.2) is 169 Å². The number of hydrogen-bond donors (Lipinski definition) is 4. The number of nitrogens with zero attached hydrogens (tertiary/aromatic N) is 2. The second-order valence-corrected chi connectivity index (χ2v) is 20.3. The molecule has 4 aliphatic heterocycles. The quantitative estimate of drug-likeness (QED) is 0.109. The van der Waals surface area contributed by atoms with Gasteiger partial charge >= 0.3 is 18.2 Å². The smallest absolute Gasteiger partial charge is 0.458 e. The van der Waals surface area contributed by atoms with Gasteiger partial charge in [-0.3, -0.25) is 19.9 Å². The van der Waals surface area contributed by atoms with Crippen LogP contribution in [0.4, 0.5) is 9.59 Å². The summed E-state index contributed by atoms with van der Waals surface area (Å²) in [4.78, 5) is 57.1. The van der Waals surface area contributed by atoms with Crippen molar-refractivity contribution in [1.29, 1.82) is 0 Å². The van der Waals surface area contributed by atoms with E-state index in [0.29, 0.717) is 13.0 Å². The maximum atomic E-state index is 14.7.